The van der Waals surface area contributed by atoms with E-state index in [1.54, 1.807) is 23.5 Å². The van der Waals surface area contributed by atoms with Crippen molar-refractivity contribution in [3.05, 3.63) is 70.7 Å². The van der Waals surface area contributed by atoms with Gasteiger partial charge in [0.15, 0.2) is 0 Å². The van der Waals surface area contributed by atoms with Crippen LogP contribution in [0.25, 0.3) is 0 Å². The number of thioether (sulfide) groups is 2. The molecule has 0 spiro atoms. The average Bonchev–Trinajstić information content (AvgIpc) is 2.46. The highest BCUT2D eigenvalue weighted by Gasteiger charge is 1.93. The van der Waals surface area contributed by atoms with E-state index < -0.39 is 0 Å². The minimum absolute atomic E-state index is 0.782. The number of halogens is 2. The molecule has 0 unspecified atom stereocenters. The van der Waals surface area contributed by atoms with E-state index in [0.717, 1.165) is 21.6 Å². The zero-order valence-corrected chi connectivity index (χ0v) is 13.9. The lowest BCUT2D eigenvalue weighted by Gasteiger charge is -1.99. The van der Waals surface area contributed by atoms with Gasteiger partial charge >= 0.3 is 0 Å². The van der Waals surface area contributed by atoms with Crippen LogP contribution in [0.4, 0.5) is 0 Å². The third-order valence-electron chi connectivity index (χ3n) is 2.49. The molecule has 4 heteroatoms. The zero-order valence-electron chi connectivity index (χ0n) is 10.8. The second-order valence-electron chi connectivity index (χ2n) is 4.00. The highest BCUT2D eigenvalue weighted by Crippen LogP contribution is 2.22. The summed E-state index contributed by atoms with van der Waals surface area (Å²) in [5.41, 5.74) is 0. The second-order valence-corrected chi connectivity index (χ2v) is 7.06. The Morgan fingerprint density at radius 2 is 1.00 bits per heavy atom. The van der Waals surface area contributed by atoms with E-state index in [-0.39, 0.29) is 0 Å². The van der Waals surface area contributed by atoms with Gasteiger partial charge in [0.1, 0.15) is 0 Å². The minimum atomic E-state index is 0.782. The van der Waals surface area contributed by atoms with Gasteiger partial charge < -0.3 is 0 Å². The Labute approximate surface area is 138 Å². The van der Waals surface area contributed by atoms with Crippen molar-refractivity contribution in [3.8, 4) is 0 Å². The van der Waals surface area contributed by atoms with Gasteiger partial charge in [0.2, 0.25) is 0 Å². The highest BCUT2D eigenvalue weighted by molar-refractivity contribution is 7.99. The molecule has 0 aromatic heterocycles. The van der Waals surface area contributed by atoms with Crippen LogP contribution in [0.15, 0.2) is 70.5 Å². The maximum absolute atomic E-state index is 5.85. The van der Waals surface area contributed by atoms with E-state index in [1.165, 1.54) is 9.79 Å². The summed E-state index contributed by atoms with van der Waals surface area (Å²) in [5, 5.41) is 1.56. The molecule has 2 aromatic rings. The maximum atomic E-state index is 5.85. The first kappa shape index (κ1) is 15.8. The maximum Gasteiger partial charge on any atom is 0.0406 e. The summed E-state index contributed by atoms with van der Waals surface area (Å²) in [6.07, 6.45) is 4.39. The standard InChI is InChI=1S/C16H14Cl2S2/c17-13-3-7-15(8-4-13)19-11-1-2-12-20-16-9-5-14(18)6-10-16/h1-10H,11-12H2/b2-1+. The normalized spacial score (nSPS) is 11.1. The monoisotopic (exact) mass is 340 g/mol. The molecule has 104 valence electrons. The van der Waals surface area contributed by atoms with Crippen LogP contribution in [0.5, 0.6) is 0 Å². The minimum Gasteiger partial charge on any atom is -0.122 e. The van der Waals surface area contributed by atoms with E-state index in [9.17, 15) is 0 Å². The molecule has 0 N–H and O–H groups in total. The molecule has 0 heterocycles. The molecule has 0 aliphatic heterocycles. The summed E-state index contributed by atoms with van der Waals surface area (Å²) in [5.74, 6) is 1.95. The van der Waals surface area contributed by atoms with E-state index in [2.05, 4.69) is 12.2 Å². The Morgan fingerprint density at radius 3 is 1.35 bits per heavy atom. The van der Waals surface area contributed by atoms with Gasteiger partial charge in [-0.3, -0.25) is 0 Å². The van der Waals surface area contributed by atoms with E-state index in [4.69, 9.17) is 23.2 Å². The van der Waals surface area contributed by atoms with Crippen LogP contribution in [-0.4, -0.2) is 11.5 Å². The summed E-state index contributed by atoms with van der Waals surface area (Å²) < 4.78 is 0. The van der Waals surface area contributed by atoms with Crippen molar-refractivity contribution in [2.75, 3.05) is 11.5 Å². The Morgan fingerprint density at radius 1 is 0.650 bits per heavy atom. The molecule has 0 aliphatic rings. The molecule has 0 nitrogen and oxygen atoms in total. The Balaban J connectivity index is 1.67. The van der Waals surface area contributed by atoms with E-state index >= 15 is 0 Å². The van der Waals surface area contributed by atoms with Crippen molar-refractivity contribution in [2.45, 2.75) is 9.79 Å². The van der Waals surface area contributed by atoms with Gasteiger partial charge in [-0.15, -0.1) is 23.5 Å². The van der Waals surface area contributed by atoms with Crippen molar-refractivity contribution < 1.29 is 0 Å². The van der Waals surface area contributed by atoms with Gasteiger partial charge in [0.25, 0.3) is 0 Å². The molecule has 0 bridgehead atoms. The van der Waals surface area contributed by atoms with Crippen molar-refractivity contribution in [3.63, 3.8) is 0 Å². The predicted molar refractivity (Wildman–Crippen MR) is 93.5 cm³/mol. The fourth-order valence-electron chi connectivity index (χ4n) is 1.49. The first-order valence-electron chi connectivity index (χ1n) is 6.16. The molecular weight excluding hydrogens is 327 g/mol. The predicted octanol–water partition coefficient (Wildman–Crippen LogP) is 6.43. The van der Waals surface area contributed by atoms with Crippen LogP contribution in [0, 0.1) is 0 Å². The molecule has 0 amide bonds. The molecule has 20 heavy (non-hydrogen) atoms. The molecular formula is C16H14Cl2S2. The van der Waals surface area contributed by atoms with Gasteiger partial charge in [0, 0.05) is 31.3 Å². The van der Waals surface area contributed by atoms with Gasteiger partial charge in [-0.05, 0) is 48.5 Å². The fourth-order valence-corrected chi connectivity index (χ4v) is 3.24. The number of benzene rings is 2. The molecule has 0 saturated carbocycles. The summed E-state index contributed by atoms with van der Waals surface area (Å²) in [7, 11) is 0. The lowest BCUT2D eigenvalue weighted by atomic mass is 10.4. The Kier molecular flexibility index (Phi) is 6.88. The summed E-state index contributed by atoms with van der Waals surface area (Å²) in [6, 6.07) is 15.9. The molecule has 0 saturated heterocycles. The summed E-state index contributed by atoms with van der Waals surface area (Å²) in [6.45, 7) is 0. The number of hydrogen-bond donors (Lipinski definition) is 0. The fraction of sp³-hybridized carbons (Fsp3) is 0.125. The molecule has 2 aromatic carbocycles. The van der Waals surface area contributed by atoms with Crippen LogP contribution in [0.3, 0.4) is 0 Å². The quantitative estimate of drug-likeness (QED) is 0.438. The topological polar surface area (TPSA) is 0 Å². The molecule has 0 fully saturated rings. The van der Waals surface area contributed by atoms with Gasteiger partial charge in [-0.2, -0.15) is 0 Å². The van der Waals surface area contributed by atoms with Gasteiger partial charge in [-0.1, -0.05) is 35.4 Å². The van der Waals surface area contributed by atoms with Crippen molar-refractivity contribution >= 4 is 46.7 Å². The lowest BCUT2D eigenvalue weighted by molar-refractivity contribution is 1.45. The van der Waals surface area contributed by atoms with Crippen LogP contribution < -0.4 is 0 Å². The molecule has 0 radical (unpaired) electrons. The summed E-state index contributed by atoms with van der Waals surface area (Å²) >= 11 is 15.3. The highest BCUT2D eigenvalue weighted by atomic mass is 35.5. The largest absolute Gasteiger partial charge is 0.122 e. The lowest BCUT2D eigenvalue weighted by Crippen LogP contribution is -1.77. The van der Waals surface area contributed by atoms with Crippen molar-refractivity contribution in [1.29, 1.82) is 0 Å². The second kappa shape index (κ2) is 8.68. The first-order chi connectivity index (χ1) is 9.74. The Bertz CT molecular complexity index is 496. The van der Waals surface area contributed by atoms with Gasteiger partial charge in [0.05, 0.1) is 0 Å². The zero-order chi connectivity index (χ0) is 14.2. The average molecular weight is 341 g/mol. The van der Waals surface area contributed by atoms with Crippen molar-refractivity contribution in [2.24, 2.45) is 0 Å². The number of hydrogen-bond acceptors (Lipinski definition) is 2. The number of rotatable bonds is 6. The first-order valence-corrected chi connectivity index (χ1v) is 8.88. The third-order valence-corrected chi connectivity index (χ3v) is 4.92. The van der Waals surface area contributed by atoms with Gasteiger partial charge in [-0.25, -0.2) is 0 Å². The van der Waals surface area contributed by atoms with Crippen LogP contribution >= 0.6 is 46.7 Å². The van der Waals surface area contributed by atoms with Crippen LogP contribution in [0.1, 0.15) is 0 Å². The molecule has 0 atom stereocenters. The SMILES string of the molecule is Clc1ccc(SC/C=C/CSc2ccc(Cl)cc2)cc1. The Hall–Kier alpha value is -0.540. The molecule has 0 aliphatic carbocycles. The van der Waals surface area contributed by atoms with Crippen molar-refractivity contribution in [1.82, 2.24) is 0 Å². The van der Waals surface area contributed by atoms with E-state index in [0.29, 0.717) is 0 Å². The third kappa shape index (κ3) is 5.84. The van der Waals surface area contributed by atoms with Crippen LogP contribution in [-0.2, 0) is 0 Å². The van der Waals surface area contributed by atoms with E-state index in [1.807, 2.05) is 48.5 Å². The smallest absolute Gasteiger partial charge is 0.0406 e. The summed E-state index contributed by atoms with van der Waals surface area (Å²) in [4.78, 5) is 2.48. The molecule has 2 rings (SSSR count). The van der Waals surface area contributed by atoms with Crippen LogP contribution in [0.2, 0.25) is 10.0 Å².